The fourth-order valence-corrected chi connectivity index (χ4v) is 1.58. The summed E-state index contributed by atoms with van der Waals surface area (Å²) in [6.45, 7) is 4.84. The maximum atomic E-state index is 5.09. The highest BCUT2D eigenvalue weighted by Crippen LogP contribution is 2.13. The molecule has 0 radical (unpaired) electrons. The van der Waals surface area contributed by atoms with Gasteiger partial charge in [0, 0.05) is 32.7 Å². The minimum Gasteiger partial charge on any atom is -0.383 e. The summed E-state index contributed by atoms with van der Waals surface area (Å²) in [5.41, 5.74) is 0. The highest BCUT2D eigenvalue weighted by molar-refractivity contribution is 5.47. The third-order valence-corrected chi connectivity index (χ3v) is 2.31. The molecule has 2 N–H and O–H groups in total. The van der Waals surface area contributed by atoms with Gasteiger partial charge in [0.05, 0.1) is 6.61 Å². The van der Waals surface area contributed by atoms with E-state index in [0.29, 0.717) is 6.61 Å². The van der Waals surface area contributed by atoms with Crippen LogP contribution in [-0.2, 0) is 11.2 Å². The number of hydrogen-bond acceptors (Lipinski definition) is 5. The minimum absolute atomic E-state index is 0.231. The quantitative estimate of drug-likeness (QED) is 0.760. The van der Waals surface area contributed by atoms with Crippen LogP contribution in [0.2, 0.25) is 0 Å². The molecule has 5 nitrogen and oxygen atoms in total. The molecule has 5 heteroatoms. The summed E-state index contributed by atoms with van der Waals surface area (Å²) < 4.78 is 5.09. The zero-order valence-electron chi connectivity index (χ0n) is 11.1. The van der Waals surface area contributed by atoms with Crippen molar-refractivity contribution in [1.29, 1.82) is 0 Å². The lowest BCUT2D eigenvalue weighted by Crippen LogP contribution is -2.22. The molecule has 0 bridgehead atoms. The molecule has 1 rings (SSSR count). The molecule has 1 aromatic rings. The van der Waals surface area contributed by atoms with Crippen LogP contribution in [-0.4, -0.2) is 36.8 Å². The van der Waals surface area contributed by atoms with E-state index in [2.05, 4.69) is 34.4 Å². The van der Waals surface area contributed by atoms with E-state index in [9.17, 15) is 0 Å². The Balaban J connectivity index is 2.79. The van der Waals surface area contributed by atoms with Crippen LogP contribution in [0.4, 0.5) is 11.6 Å². The minimum atomic E-state index is 0.231. The van der Waals surface area contributed by atoms with Gasteiger partial charge in [-0.3, -0.25) is 0 Å². The highest BCUT2D eigenvalue weighted by Gasteiger charge is 2.06. The number of rotatable bonds is 7. The maximum absolute atomic E-state index is 5.09. The summed E-state index contributed by atoms with van der Waals surface area (Å²) in [6.07, 6.45) is 1.93. The first-order valence-electron chi connectivity index (χ1n) is 6.00. The first kappa shape index (κ1) is 13.7. The lowest BCUT2D eigenvalue weighted by Gasteiger charge is -2.14. The van der Waals surface area contributed by atoms with Crippen LogP contribution in [0.1, 0.15) is 26.1 Å². The third-order valence-electron chi connectivity index (χ3n) is 2.31. The van der Waals surface area contributed by atoms with E-state index in [4.69, 9.17) is 4.74 Å². The Hall–Kier alpha value is -1.36. The van der Waals surface area contributed by atoms with Crippen molar-refractivity contribution in [2.45, 2.75) is 32.7 Å². The van der Waals surface area contributed by atoms with Gasteiger partial charge in [0.2, 0.25) is 0 Å². The zero-order chi connectivity index (χ0) is 12.7. The molecule has 0 aliphatic rings. The normalized spacial score (nSPS) is 12.2. The molecule has 0 fully saturated rings. The van der Waals surface area contributed by atoms with Crippen molar-refractivity contribution < 1.29 is 4.74 Å². The smallest absolute Gasteiger partial charge is 0.133 e. The van der Waals surface area contributed by atoms with Crippen molar-refractivity contribution in [3.8, 4) is 0 Å². The molecule has 0 aliphatic heterocycles. The Morgan fingerprint density at radius 3 is 2.65 bits per heavy atom. The number of anilines is 2. The van der Waals surface area contributed by atoms with Crippen molar-refractivity contribution in [3.63, 3.8) is 0 Å². The molecule has 1 aromatic heterocycles. The molecule has 0 aliphatic carbocycles. The predicted octanol–water partition coefficient (Wildman–Crippen LogP) is 1.92. The molecule has 0 amide bonds. The summed E-state index contributed by atoms with van der Waals surface area (Å²) in [7, 11) is 3.56. The van der Waals surface area contributed by atoms with Crippen molar-refractivity contribution in [1.82, 2.24) is 9.97 Å². The molecular weight excluding hydrogens is 216 g/mol. The number of nitrogens with one attached hydrogen (secondary N) is 2. The van der Waals surface area contributed by atoms with E-state index in [1.165, 1.54) is 0 Å². The topological polar surface area (TPSA) is 59.1 Å². The van der Waals surface area contributed by atoms with E-state index in [1.54, 1.807) is 7.11 Å². The number of aryl methyl sites for hydroxylation is 1. The van der Waals surface area contributed by atoms with Gasteiger partial charge in [-0.15, -0.1) is 0 Å². The second-order valence-electron chi connectivity index (χ2n) is 4.06. The third kappa shape index (κ3) is 4.56. The van der Waals surface area contributed by atoms with Crippen LogP contribution < -0.4 is 10.6 Å². The summed E-state index contributed by atoms with van der Waals surface area (Å²) >= 11 is 0. The summed E-state index contributed by atoms with van der Waals surface area (Å²) in [5, 5.41) is 6.35. The second-order valence-corrected chi connectivity index (χ2v) is 4.06. The molecule has 0 spiro atoms. The van der Waals surface area contributed by atoms with Crippen LogP contribution >= 0.6 is 0 Å². The Labute approximate surface area is 103 Å². The molecule has 1 unspecified atom stereocenters. The van der Waals surface area contributed by atoms with Crippen LogP contribution in [0.25, 0.3) is 0 Å². The second kappa shape index (κ2) is 7.06. The SMILES string of the molecule is CCCc1nc(NC)cc(NC(C)COC)n1. The van der Waals surface area contributed by atoms with Gasteiger partial charge in [0.1, 0.15) is 17.5 Å². The van der Waals surface area contributed by atoms with Gasteiger partial charge in [-0.1, -0.05) is 6.92 Å². The lowest BCUT2D eigenvalue weighted by atomic mass is 10.3. The lowest BCUT2D eigenvalue weighted by molar-refractivity contribution is 0.190. The number of nitrogens with zero attached hydrogens (tertiary/aromatic N) is 2. The first-order valence-corrected chi connectivity index (χ1v) is 6.00. The largest absolute Gasteiger partial charge is 0.383 e. The van der Waals surface area contributed by atoms with E-state index in [1.807, 2.05) is 13.1 Å². The van der Waals surface area contributed by atoms with Crippen LogP contribution in [0.5, 0.6) is 0 Å². The molecule has 0 aromatic carbocycles. The van der Waals surface area contributed by atoms with Crippen LogP contribution in [0.3, 0.4) is 0 Å². The summed E-state index contributed by atoms with van der Waals surface area (Å²) in [4.78, 5) is 8.88. The molecular formula is C12H22N4O. The van der Waals surface area contributed by atoms with Crippen LogP contribution in [0.15, 0.2) is 6.07 Å². The Bertz CT molecular complexity index is 343. The fourth-order valence-electron chi connectivity index (χ4n) is 1.58. The Kier molecular flexibility index (Phi) is 5.69. The molecule has 1 atom stereocenters. The molecule has 96 valence electrons. The number of hydrogen-bond donors (Lipinski definition) is 2. The average molecular weight is 238 g/mol. The van der Waals surface area contributed by atoms with E-state index < -0.39 is 0 Å². The molecule has 0 saturated heterocycles. The zero-order valence-corrected chi connectivity index (χ0v) is 11.1. The average Bonchev–Trinajstić information content (AvgIpc) is 2.29. The number of aromatic nitrogens is 2. The number of methoxy groups -OCH3 is 1. The van der Waals surface area contributed by atoms with Crippen molar-refractivity contribution in [3.05, 3.63) is 11.9 Å². The molecule has 0 saturated carbocycles. The van der Waals surface area contributed by atoms with Gasteiger partial charge in [0.15, 0.2) is 0 Å². The fraction of sp³-hybridized carbons (Fsp3) is 0.667. The predicted molar refractivity (Wildman–Crippen MR) is 70.5 cm³/mol. The van der Waals surface area contributed by atoms with Gasteiger partial charge < -0.3 is 15.4 Å². The van der Waals surface area contributed by atoms with Gasteiger partial charge >= 0.3 is 0 Å². The van der Waals surface area contributed by atoms with E-state index in [0.717, 1.165) is 30.3 Å². The molecule has 1 heterocycles. The van der Waals surface area contributed by atoms with E-state index in [-0.39, 0.29) is 6.04 Å². The Morgan fingerprint density at radius 2 is 2.06 bits per heavy atom. The first-order chi connectivity index (χ1) is 8.19. The van der Waals surface area contributed by atoms with Crippen LogP contribution in [0, 0.1) is 0 Å². The van der Waals surface area contributed by atoms with Crippen molar-refractivity contribution in [2.24, 2.45) is 0 Å². The summed E-state index contributed by atoms with van der Waals surface area (Å²) in [5.74, 6) is 2.55. The van der Waals surface area contributed by atoms with Gasteiger partial charge in [0.25, 0.3) is 0 Å². The number of ether oxygens (including phenoxy) is 1. The molecule has 17 heavy (non-hydrogen) atoms. The van der Waals surface area contributed by atoms with E-state index >= 15 is 0 Å². The van der Waals surface area contributed by atoms with Gasteiger partial charge in [-0.05, 0) is 13.3 Å². The van der Waals surface area contributed by atoms with Crippen molar-refractivity contribution in [2.75, 3.05) is 31.4 Å². The van der Waals surface area contributed by atoms with Crippen molar-refractivity contribution >= 4 is 11.6 Å². The maximum Gasteiger partial charge on any atom is 0.133 e. The van der Waals surface area contributed by atoms with Gasteiger partial charge in [-0.25, -0.2) is 9.97 Å². The standard InChI is InChI=1S/C12H22N4O/c1-5-6-10-15-11(13-3)7-12(16-10)14-9(2)8-17-4/h7,9H,5-6,8H2,1-4H3,(H2,13,14,15,16). The summed E-state index contributed by atoms with van der Waals surface area (Å²) in [6, 6.07) is 2.14. The van der Waals surface area contributed by atoms with Gasteiger partial charge in [-0.2, -0.15) is 0 Å². The highest BCUT2D eigenvalue weighted by atomic mass is 16.5. The Morgan fingerprint density at radius 1 is 1.35 bits per heavy atom. The monoisotopic (exact) mass is 238 g/mol.